The molecule has 0 atom stereocenters. The van der Waals surface area contributed by atoms with Crippen LogP contribution in [0, 0.1) is 0 Å². The molecular formula is C19H42O4. The molecule has 23 heavy (non-hydrogen) atoms. The lowest BCUT2D eigenvalue weighted by Crippen LogP contribution is -2.02. The van der Waals surface area contributed by atoms with Crippen molar-refractivity contribution < 1.29 is 20.4 Å². The van der Waals surface area contributed by atoms with Crippen LogP contribution >= 0.6 is 0 Å². The van der Waals surface area contributed by atoms with E-state index in [4.69, 9.17) is 20.4 Å². The quantitative estimate of drug-likeness (QED) is 0.253. The van der Waals surface area contributed by atoms with Gasteiger partial charge < -0.3 is 20.4 Å². The first kappa shape index (κ1) is 25.1. The summed E-state index contributed by atoms with van der Waals surface area (Å²) in [6.45, 7) is 2.65. The number of rotatable bonds is 16. The van der Waals surface area contributed by atoms with Gasteiger partial charge in [-0.2, -0.15) is 0 Å². The minimum atomic E-state index is -1.10. The van der Waals surface area contributed by atoms with E-state index in [2.05, 4.69) is 6.92 Å². The maximum absolute atomic E-state index is 8.67. The van der Waals surface area contributed by atoms with Gasteiger partial charge in [-0.15, -0.1) is 0 Å². The van der Waals surface area contributed by atoms with Gasteiger partial charge in [0, 0.05) is 13.2 Å². The zero-order valence-electron chi connectivity index (χ0n) is 15.4. The fourth-order valence-corrected chi connectivity index (χ4v) is 2.39. The van der Waals surface area contributed by atoms with Crippen molar-refractivity contribution in [2.75, 3.05) is 13.2 Å². The van der Waals surface area contributed by atoms with Crippen LogP contribution in [-0.2, 0) is 0 Å². The Balaban J connectivity index is 0. The maximum atomic E-state index is 8.67. The first-order valence-electron chi connectivity index (χ1n) is 9.76. The number of aliphatic hydroxyl groups excluding tert-OH is 3. The Morgan fingerprint density at radius 3 is 1.17 bits per heavy atom. The molecule has 0 aliphatic carbocycles. The van der Waals surface area contributed by atoms with E-state index in [1.807, 2.05) is 0 Å². The Morgan fingerprint density at radius 1 is 0.522 bits per heavy atom. The molecule has 0 heterocycles. The Morgan fingerprint density at radius 2 is 0.870 bits per heavy atom. The average molecular weight is 335 g/mol. The zero-order valence-corrected chi connectivity index (χ0v) is 15.4. The van der Waals surface area contributed by atoms with Gasteiger partial charge in [-0.3, -0.25) is 0 Å². The summed E-state index contributed by atoms with van der Waals surface area (Å²) in [5.41, 5.74) is 0. The van der Waals surface area contributed by atoms with Gasteiger partial charge in [0.2, 0.25) is 0 Å². The molecule has 4 nitrogen and oxygen atoms in total. The molecular weight excluding hydrogens is 292 g/mol. The molecule has 0 spiro atoms. The third kappa shape index (κ3) is 30.3. The lowest BCUT2D eigenvalue weighted by molar-refractivity contribution is -0.0466. The Bertz CT molecular complexity index is 182. The summed E-state index contributed by atoms with van der Waals surface area (Å²) in [4.78, 5) is 0. The SMILES string of the molecule is CCCCCCCCCCCCCCC(O)O.OCCCCO. The second-order valence-corrected chi connectivity index (χ2v) is 6.31. The van der Waals surface area contributed by atoms with Crippen LogP contribution in [-0.4, -0.2) is 39.9 Å². The second kappa shape index (κ2) is 24.1. The van der Waals surface area contributed by atoms with E-state index in [0.29, 0.717) is 6.42 Å². The molecule has 0 aliphatic rings. The second-order valence-electron chi connectivity index (χ2n) is 6.31. The molecule has 142 valence electrons. The fourth-order valence-electron chi connectivity index (χ4n) is 2.39. The molecule has 4 heteroatoms. The van der Waals surface area contributed by atoms with E-state index in [1.54, 1.807) is 0 Å². The molecule has 0 aliphatic heterocycles. The Hall–Kier alpha value is -0.160. The molecule has 0 amide bonds. The molecule has 0 aromatic heterocycles. The third-order valence-corrected chi connectivity index (χ3v) is 3.88. The average Bonchev–Trinajstić information content (AvgIpc) is 2.54. The summed E-state index contributed by atoms with van der Waals surface area (Å²) >= 11 is 0. The Labute approximate surface area is 143 Å². The predicted octanol–water partition coefficient (Wildman–Crippen LogP) is 4.14. The lowest BCUT2D eigenvalue weighted by Gasteiger charge is -2.04. The molecule has 0 fully saturated rings. The van der Waals surface area contributed by atoms with Gasteiger partial charge in [-0.1, -0.05) is 77.6 Å². The monoisotopic (exact) mass is 334 g/mol. The lowest BCUT2D eigenvalue weighted by atomic mass is 10.0. The van der Waals surface area contributed by atoms with Gasteiger partial charge in [0.25, 0.3) is 0 Å². The molecule has 0 aromatic rings. The van der Waals surface area contributed by atoms with Crippen LogP contribution in [0.15, 0.2) is 0 Å². The Kier molecular flexibility index (Phi) is 26.3. The third-order valence-electron chi connectivity index (χ3n) is 3.88. The van der Waals surface area contributed by atoms with Crippen LogP contribution in [0.3, 0.4) is 0 Å². The van der Waals surface area contributed by atoms with Gasteiger partial charge in [-0.25, -0.2) is 0 Å². The summed E-state index contributed by atoms with van der Waals surface area (Å²) in [6.07, 6.45) is 16.7. The van der Waals surface area contributed by atoms with Crippen LogP contribution in [0.4, 0.5) is 0 Å². The minimum absolute atomic E-state index is 0.195. The van der Waals surface area contributed by atoms with Crippen molar-refractivity contribution in [3.05, 3.63) is 0 Å². The zero-order chi connectivity index (χ0) is 17.6. The molecule has 0 saturated heterocycles. The molecule has 0 unspecified atom stereocenters. The van der Waals surface area contributed by atoms with Gasteiger partial charge in [0.1, 0.15) is 0 Å². The molecule has 0 bridgehead atoms. The molecule has 0 aromatic carbocycles. The smallest absolute Gasteiger partial charge is 0.151 e. The highest BCUT2D eigenvalue weighted by Gasteiger charge is 1.97. The number of unbranched alkanes of at least 4 members (excludes halogenated alkanes) is 12. The summed E-state index contributed by atoms with van der Waals surface area (Å²) in [6, 6.07) is 0. The minimum Gasteiger partial charge on any atom is -0.396 e. The molecule has 4 N–H and O–H groups in total. The van der Waals surface area contributed by atoms with E-state index in [0.717, 1.165) is 25.7 Å². The molecule has 0 radical (unpaired) electrons. The van der Waals surface area contributed by atoms with Gasteiger partial charge >= 0.3 is 0 Å². The van der Waals surface area contributed by atoms with Crippen molar-refractivity contribution in [1.29, 1.82) is 0 Å². The van der Waals surface area contributed by atoms with Crippen LogP contribution in [0.2, 0.25) is 0 Å². The maximum Gasteiger partial charge on any atom is 0.151 e. The molecule has 0 saturated carbocycles. The van der Waals surface area contributed by atoms with Gasteiger partial charge in [-0.05, 0) is 25.7 Å². The van der Waals surface area contributed by atoms with Crippen LogP contribution < -0.4 is 0 Å². The van der Waals surface area contributed by atoms with Crippen molar-refractivity contribution in [3.8, 4) is 0 Å². The van der Waals surface area contributed by atoms with Crippen molar-refractivity contribution in [3.63, 3.8) is 0 Å². The topological polar surface area (TPSA) is 80.9 Å². The van der Waals surface area contributed by atoms with Crippen molar-refractivity contribution in [2.24, 2.45) is 0 Å². The normalized spacial score (nSPS) is 10.7. The summed E-state index contributed by atoms with van der Waals surface area (Å²) in [5.74, 6) is 0. The summed E-state index contributed by atoms with van der Waals surface area (Å²) in [5, 5.41) is 33.5. The molecule has 0 rings (SSSR count). The highest BCUT2D eigenvalue weighted by molar-refractivity contribution is 4.49. The summed E-state index contributed by atoms with van der Waals surface area (Å²) < 4.78 is 0. The van der Waals surface area contributed by atoms with E-state index >= 15 is 0 Å². The van der Waals surface area contributed by atoms with Gasteiger partial charge in [0.05, 0.1) is 0 Å². The van der Waals surface area contributed by atoms with Crippen LogP contribution in [0.5, 0.6) is 0 Å². The predicted molar refractivity (Wildman–Crippen MR) is 97.3 cm³/mol. The van der Waals surface area contributed by atoms with Crippen LogP contribution in [0.25, 0.3) is 0 Å². The number of aliphatic hydroxyl groups is 4. The first-order valence-corrected chi connectivity index (χ1v) is 9.76. The van der Waals surface area contributed by atoms with E-state index in [9.17, 15) is 0 Å². The highest BCUT2D eigenvalue weighted by Crippen LogP contribution is 2.12. The number of hydrogen-bond acceptors (Lipinski definition) is 4. The standard InChI is InChI=1S/C15H32O2.C4H10O2/c1-2-3-4-5-6-7-8-9-10-11-12-13-14-15(16)17;5-3-1-2-4-6/h15-17H,2-14H2,1H3;5-6H,1-4H2. The van der Waals surface area contributed by atoms with Crippen LogP contribution in [0.1, 0.15) is 103 Å². The van der Waals surface area contributed by atoms with Crippen molar-refractivity contribution in [1.82, 2.24) is 0 Å². The highest BCUT2D eigenvalue weighted by atomic mass is 16.5. The fraction of sp³-hybridized carbons (Fsp3) is 1.00. The number of hydrogen-bond donors (Lipinski definition) is 4. The van der Waals surface area contributed by atoms with E-state index in [1.165, 1.54) is 64.2 Å². The summed E-state index contributed by atoms with van der Waals surface area (Å²) in [7, 11) is 0. The van der Waals surface area contributed by atoms with Gasteiger partial charge in [0.15, 0.2) is 6.29 Å². The van der Waals surface area contributed by atoms with E-state index < -0.39 is 6.29 Å². The van der Waals surface area contributed by atoms with Crippen molar-refractivity contribution in [2.45, 2.75) is 110 Å². The van der Waals surface area contributed by atoms with Crippen molar-refractivity contribution >= 4 is 0 Å². The largest absolute Gasteiger partial charge is 0.396 e. The first-order chi connectivity index (χ1) is 11.2. The van der Waals surface area contributed by atoms with E-state index in [-0.39, 0.29) is 13.2 Å².